The van der Waals surface area contributed by atoms with E-state index < -0.39 is 0 Å². The maximum Gasteiger partial charge on any atom is 0.200 e. The molecule has 1 aliphatic rings. The Labute approximate surface area is 120 Å². The maximum atomic E-state index is 12.3. The van der Waals surface area contributed by atoms with Gasteiger partial charge in [0.05, 0.1) is 12.0 Å². The third-order valence-electron chi connectivity index (χ3n) is 3.08. The molecule has 100 valence electrons. The Morgan fingerprint density at radius 3 is 2.75 bits per heavy atom. The van der Waals surface area contributed by atoms with E-state index in [0.29, 0.717) is 10.7 Å². The highest BCUT2D eigenvalue weighted by Crippen LogP contribution is 2.41. The number of phenols is 1. The molecule has 0 unspecified atom stereocenters. The van der Waals surface area contributed by atoms with E-state index in [9.17, 15) is 9.90 Å². The van der Waals surface area contributed by atoms with Gasteiger partial charge in [0, 0.05) is 10.5 Å². The van der Waals surface area contributed by atoms with Crippen LogP contribution in [0.1, 0.15) is 15.9 Å². The molecule has 0 amide bonds. The summed E-state index contributed by atoms with van der Waals surface area (Å²) in [7, 11) is 1.50. The van der Waals surface area contributed by atoms with Crippen molar-refractivity contribution in [3.8, 4) is 11.5 Å². The van der Waals surface area contributed by atoms with Crippen molar-refractivity contribution in [1.29, 1.82) is 0 Å². The highest BCUT2D eigenvalue weighted by Gasteiger charge is 2.25. The number of thioether (sulfide) groups is 1. The first-order valence-corrected chi connectivity index (χ1v) is 6.91. The number of ether oxygens (including phenoxy) is 1. The molecule has 0 aromatic heterocycles. The number of carbonyl (C=O) groups is 1. The van der Waals surface area contributed by atoms with E-state index in [0.717, 1.165) is 16.0 Å². The zero-order valence-electron chi connectivity index (χ0n) is 10.8. The minimum Gasteiger partial charge on any atom is -0.504 e. The molecule has 0 spiro atoms. The number of ketones is 1. The van der Waals surface area contributed by atoms with E-state index in [4.69, 9.17) is 4.74 Å². The van der Waals surface area contributed by atoms with Gasteiger partial charge in [-0.1, -0.05) is 30.0 Å². The molecule has 0 radical (unpaired) electrons. The molecule has 0 atom stereocenters. The molecule has 1 N–H and O–H groups in total. The van der Waals surface area contributed by atoms with Gasteiger partial charge in [-0.2, -0.15) is 0 Å². The zero-order valence-corrected chi connectivity index (χ0v) is 11.6. The molecular weight excluding hydrogens is 272 g/mol. The van der Waals surface area contributed by atoms with Crippen LogP contribution in [0, 0.1) is 0 Å². The average molecular weight is 284 g/mol. The van der Waals surface area contributed by atoms with Gasteiger partial charge in [-0.05, 0) is 35.9 Å². The average Bonchev–Trinajstić information content (AvgIpc) is 2.78. The van der Waals surface area contributed by atoms with Crippen molar-refractivity contribution in [3.63, 3.8) is 0 Å². The van der Waals surface area contributed by atoms with Crippen molar-refractivity contribution in [1.82, 2.24) is 0 Å². The van der Waals surface area contributed by atoms with Crippen LogP contribution in [0.5, 0.6) is 11.5 Å². The normalized spacial score (nSPS) is 15.4. The molecule has 1 heterocycles. The summed E-state index contributed by atoms with van der Waals surface area (Å²) in [5.41, 5.74) is 1.57. The van der Waals surface area contributed by atoms with Gasteiger partial charge in [0.15, 0.2) is 11.5 Å². The van der Waals surface area contributed by atoms with Crippen molar-refractivity contribution in [3.05, 3.63) is 58.5 Å². The Morgan fingerprint density at radius 2 is 2.00 bits per heavy atom. The molecule has 20 heavy (non-hydrogen) atoms. The molecule has 0 aliphatic carbocycles. The number of benzene rings is 2. The second kappa shape index (κ2) is 5.06. The minimum absolute atomic E-state index is 0.0395. The summed E-state index contributed by atoms with van der Waals surface area (Å²) >= 11 is 1.47. The van der Waals surface area contributed by atoms with Crippen LogP contribution in [0.15, 0.2) is 52.3 Å². The standard InChI is InChI=1S/C16H12O3S/c1-19-13-8-10(6-7-12(13)17)9-15-16(18)11-4-2-3-5-14(11)20-15/h2-9,17H,1H3/b15-9+. The highest BCUT2D eigenvalue weighted by molar-refractivity contribution is 8.04. The Morgan fingerprint density at radius 1 is 1.20 bits per heavy atom. The number of hydrogen-bond acceptors (Lipinski definition) is 4. The summed E-state index contributed by atoms with van der Waals surface area (Å²) in [5.74, 6) is 0.522. The third kappa shape index (κ3) is 2.18. The topological polar surface area (TPSA) is 46.5 Å². The van der Waals surface area contributed by atoms with Gasteiger partial charge in [-0.25, -0.2) is 0 Å². The van der Waals surface area contributed by atoms with E-state index in [-0.39, 0.29) is 11.5 Å². The molecule has 3 rings (SSSR count). The fraction of sp³-hybridized carbons (Fsp3) is 0.0625. The molecule has 0 bridgehead atoms. The molecule has 3 nitrogen and oxygen atoms in total. The largest absolute Gasteiger partial charge is 0.504 e. The zero-order chi connectivity index (χ0) is 14.1. The highest BCUT2D eigenvalue weighted by atomic mass is 32.2. The minimum atomic E-state index is 0.0395. The smallest absolute Gasteiger partial charge is 0.200 e. The molecular formula is C16H12O3S. The van der Waals surface area contributed by atoms with E-state index in [1.807, 2.05) is 30.3 Å². The number of fused-ring (bicyclic) bond motifs is 1. The Kier molecular flexibility index (Phi) is 3.24. The van der Waals surface area contributed by atoms with Crippen molar-refractivity contribution >= 4 is 23.6 Å². The third-order valence-corrected chi connectivity index (χ3v) is 4.18. The number of phenolic OH excluding ortho intramolecular Hbond substituents is 1. The monoisotopic (exact) mass is 284 g/mol. The van der Waals surface area contributed by atoms with Crippen molar-refractivity contribution in [2.24, 2.45) is 0 Å². The molecule has 0 saturated heterocycles. The SMILES string of the molecule is COc1cc(/C=C2/Sc3ccccc3C2=O)ccc1O. The molecule has 1 aliphatic heterocycles. The van der Waals surface area contributed by atoms with Gasteiger partial charge in [0.25, 0.3) is 0 Å². The molecule has 0 saturated carbocycles. The molecule has 2 aromatic carbocycles. The quantitative estimate of drug-likeness (QED) is 0.854. The first-order chi connectivity index (χ1) is 9.69. The van der Waals surface area contributed by atoms with Crippen molar-refractivity contribution in [2.75, 3.05) is 7.11 Å². The number of Topliss-reactive ketones (excluding diaryl/α,β-unsaturated/α-hetero) is 1. The van der Waals surface area contributed by atoms with Crippen molar-refractivity contribution in [2.45, 2.75) is 4.90 Å². The van der Waals surface area contributed by atoms with Gasteiger partial charge < -0.3 is 9.84 Å². The summed E-state index contributed by atoms with van der Waals surface area (Å²) in [6.45, 7) is 0. The fourth-order valence-electron chi connectivity index (χ4n) is 2.07. The van der Waals surface area contributed by atoms with Crippen LogP contribution in [-0.4, -0.2) is 18.0 Å². The summed E-state index contributed by atoms with van der Waals surface area (Å²) < 4.78 is 5.07. The number of allylic oxidation sites excluding steroid dienone is 1. The number of aromatic hydroxyl groups is 1. The predicted molar refractivity (Wildman–Crippen MR) is 79.3 cm³/mol. The number of rotatable bonds is 2. The lowest BCUT2D eigenvalue weighted by Crippen LogP contribution is -1.93. The van der Waals surface area contributed by atoms with Gasteiger partial charge in [0.2, 0.25) is 5.78 Å². The predicted octanol–water partition coefficient (Wildman–Crippen LogP) is 3.73. The van der Waals surface area contributed by atoms with Crippen molar-refractivity contribution < 1.29 is 14.6 Å². The van der Waals surface area contributed by atoms with Crippen LogP contribution in [0.25, 0.3) is 6.08 Å². The van der Waals surface area contributed by atoms with Crippen LogP contribution in [0.2, 0.25) is 0 Å². The number of methoxy groups -OCH3 is 1. The van der Waals surface area contributed by atoms with Crippen LogP contribution < -0.4 is 4.74 Å². The summed E-state index contributed by atoms with van der Waals surface area (Å²) in [5, 5.41) is 9.57. The van der Waals surface area contributed by atoms with Gasteiger partial charge in [-0.3, -0.25) is 4.79 Å². The van der Waals surface area contributed by atoms with Crippen LogP contribution in [0.3, 0.4) is 0 Å². The van der Waals surface area contributed by atoms with E-state index in [1.165, 1.54) is 18.9 Å². The van der Waals surface area contributed by atoms with E-state index >= 15 is 0 Å². The first-order valence-electron chi connectivity index (χ1n) is 6.09. The number of carbonyl (C=O) groups excluding carboxylic acids is 1. The van der Waals surface area contributed by atoms with Crippen LogP contribution >= 0.6 is 11.8 Å². The van der Waals surface area contributed by atoms with Gasteiger partial charge >= 0.3 is 0 Å². The number of hydrogen-bond donors (Lipinski definition) is 1. The van der Waals surface area contributed by atoms with Gasteiger partial charge in [-0.15, -0.1) is 0 Å². The second-order valence-corrected chi connectivity index (χ2v) is 5.45. The van der Waals surface area contributed by atoms with Gasteiger partial charge in [0.1, 0.15) is 0 Å². The van der Waals surface area contributed by atoms with E-state index in [1.54, 1.807) is 18.2 Å². The summed E-state index contributed by atoms with van der Waals surface area (Å²) in [6.07, 6.45) is 1.81. The Hall–Kier alpha value is -2.20. The molecule has 2 aromatic rings. The fourth-order valence-corrected chi connectivity index (χ4v) is 3.12. The van der Waals surface area contributed by atoms with Crippen LogP contribution in [0.4, 0.5) is 0 Å². The maximum absolute atomic E-state index is 12.3. The lowest BCUT2D eigenvalue weighted by atomic mass is 10.1. The first kappa shape index (κ1) is 12.8. The summed E-state index contributed by atoms with van der Waals surface area (Å²) in [4.78, 5) is 13.9. The van der Waals surface area contributed by atoms with E-state index in [2.05, 4.69) is 0 Å². The lowest BCUT2D eigenvalue weighted by molar-refractivity contribution is 0.104. The molecule has 0 fully saturated rings. The Bertz CT molecular complexity index is 719. The molecule has 4 heteroatoms. The lowest BCUT2D eigenvalue weighted by Gasteiger charge is -2.04. The second-order valence-electron chi connectivity index (χ2n) is 4.37. The summed E-state index contributed by atoms with van der Waals surface area (Å²) in [6, 6.07) is 12.6. The van der Waals surface area contributed by atoms with Crippen LogP contribution in [-0.2, 0) is 0 Å². The Balaban J connectivity index is 1.97.